The number of ether oxygens (including phenoxy) is 2. The topological polar surface area (TPSA) is 79.8 Å². The van der Waals surface area contributed by atoms with E-state index in [1.165, 1.54) is 0 Å². The third-order valence-electron chi connectivity index (χ3n) is 4.04. The molecule has 1 aromatic carbocycles. The van der Waals surface area contributed by atoms with Gasteiger partial charge in [0, 0.05) is 6.54 Å². The summed E-state index contributed by atoms with van der Waals surface area (Å²) in [6.45, 7) is 7.19. The fourth-order valence-electron chi connectivity index (χ4n) is 2.64. The molecule has 0 unspecified atom stereocenters. The number of β-amino-alcohol motifs (C(OH)–C–C–N with tert-alkyl or cyclic N) is 1. The average molecular weight is 336 g/mol. The number of methoxy groups -OCH3 is 1. The van der Waals surface area contributed by atoms with Gasteiger partial charge in [-0.15, -0.1) is 0 Å². The summed E-state index contributed by atoms with van der Waals surface area (Å²) >= 11 is 0. The van der Waals surface area contributed by atoms with E-state index in [0.717, 1.165) is 5.56 Å². The molecule has 134 valence electrons. The van der Waals surface area contributed by atoms with E-state index >= 15 is 0 Å². The molecule has 1 fully saturated rings. The van der Waals surface area contributed by atoms with Crippen molar-refractivity contribution in [3.63, 3.8) is 0 Å². The van der Waals surface area contributed by atoms with Gasteiger partial charge in [0.05, 0.1) is 31.9 Å². The monoisotopic (exact) mass is 336 g/mol. The highest BCUT2D eigenvalue weighted by molar-refractivity contribution is 5.82. The van der Waals surface area contributed by atoms with E-state index < -0.39 is 6.10 Å². The van der Waals surface area contributed by atoms with Crippen LogP contribution in [0.15, 0.2) is 18.2 Å². The fourth-order valence-corrected chi connectivity index (χ4v) is 2.64. The molecule has 6 heteroatoms. The number of aliphatic hydroxyl groups excluding tert-OH is 1. The Labute approximate surface area is 143 Å². The zero-order valence-electron chi connectivity index (χ0n) is 14.8. The van der Waals surface area contributed by atoms with E-state index in [4.69, 9.17) is 9.47 Å². The lowest BCUT2D eigenvalue weighted by Crippen LogP contribution is -2.41. The number of rotatable bonds is 7. The zero-order valence-corrected chi connectivity index (χ0v) is 14.8. The summed E-state index contributed by atoms with van der Waals surface area (Å²) in [6.07, 6.45) is -0.00216. The Morgan fingerprint density at radius 1 is 1.38 bits per heavy atom. The molecule has 0 radical (unpaired) electrons. The second kappa shape index (κ2) is 8.35. The van der Waals surface area contributed by atoms with Crippen LogP contribution in [0.2, 0.25) is 0 Å². The Hall–Kier alpha value is -1.79. The quantitative estimate of drug-likeness (QED) is 0.705. The summed E-state index contributed by atoms with van der Waals surface area (Å²) in [4.78, 5) is 12.2. The highest BCUT2D eigenvalue weighted by Crippen LogP contribution is 2.30. The molecule has 0 aliphatic carbocycles. The smallest absolute Gasteiger partial charge is 0.237 e. The Morgan fingerprint density at radius 3 is 2.71 bits per heavy atom. The minimum atomic E-state index is -0.450. The van der Waals surface area contributed by atoms with Gasteiger partial charge in [-0.1, -0.05) is 19.9 Å². The minimum absolute atomic E-state index is 0.0989. The van der Waals surface area contributed by atoms with E-state index in [1.54, 1.807) is 7.11 Å². The zero-order chi connectivity index (χ0) is 17.7. The van der Waals surface area contributed by atoms with Crippen molar-refractivity contribution in [1.29, 1.82) is 0 Å². The molecule has 0 spiro atoms. The van der Waals surface area contributed by atoms with Gasteiger partial charge in [0.2, 0.25) is 5.91 Å². The molecular formula is C18H28N2O4. The standard InChI is InChI=1S/C18H28N2O4/c1-11(2)10-24-16-6-5-13(7-17(16)23-4)12(3)20-18(22)15-8-14(21)9-19-15/h5-7,11-12,14-15,19,21H,8-10H2,1-4H3,(H,20,22)/t12-,14-,15-/m0/s1. The summed E-state index contributed by atoms with van der Waals surface area (Å²) in [7, 11) is 1.61. The van der Waals surface area contributed by atoms with Crippen LogP contribution < -0.4 is 20.1 Å². The van der Waals surface area contributed by atoms with Crippen molar-refractivity contribution < 1.29 is 19.4 Å². The molecule has 0 bridgehead atoms. The average Bonchev–Trinajstić information content (AvgIpc) is 2.99. The summed E-state index contributed by atoms with van der Waals surface area (Å²) in [5.41, 5.74) is 0.940. The van der Waals surface area contributed by atoms with Crippen molar-refractivity contribution in [1.82, 2.24) is 10.6 Å². The van der Waals surface area contributed by atoms with E-state index in [-0.39, 0.29) is 18.0 Å². The highest BCUT2D eigenvalue weighted by Gasteiger charge is 2.28. The molecule has 0 aromatic heterocycles. The lowest BCUT2D eigenvalue weighted by Gasteiger charge is -2.19. The second-order valence-electron chi connectivity index (χ2n) is 6.70. The maximum absolute atomic E-state index is 12.2. The van der Waals surface area contributed by atoms with E-state index in [1.807, 2.05) is 25.1 Å². The van der Waals surface area contributed by atoms with Gasteiger partial charge in [0.25, 0.3) is 0 Å². The van der Waals surface area contributed by atoms with Crippen LogP contribution in [0.3, 0.4) is 0 Å². The third-order valence-corrected chi connectivity index (χ3v) is 4.04. The number of amides is 1. The first-order valence-electron chi connectivity index (χ1n) is 8.43. The minimum Gasteiger partial charge on any atom is -0.493 e. The van der Waals surface area contributed by atoms with Crippen molar-refractivity contribution in [2.45, 2.75) is 45.4 Å². The lowest BCUT2D eigenvalue weighted by atomic mass is 10.1. The summed E-state index contributed by atoms with van der Waals surface area (Å²) in [6, 6.07) is 5.19. The predicted octanol–water partition coefficient (Wildman–Crippen LogP) is 1.63. The number of hydrogen-bond donors (Lipinski definition) is 3. The Kier molecular flexibility index (Phi) is 6.45. The molecule has 2 rings (SSSR count). The Bertz CT molecular complexity index is 562. The molecule has 1 aliphatic rings. The molecule has 1 amide bonds. The molecule has 1 heterocycles. The summed E-state index contributed by atoms with van der Waals surface area (Å²) in [5.74, 6) is 1.69. The maximum atomic E-state index is 12.2. The Balaban J connectivity index is 2.01. The predicted molar refractivity (Wildman–Crippen MR) is 92.3 cm³/mol. The van der Waals surface area contributed by atoms with Crippen molar-refractivity contribution >= 4 is 5.91 Å². The van der Waals surface area contributed by atoms with Crippen LogP contribution in [0.4, 0.5) is 0 Å². The molecular weight excluding hydrogens is 308 g/mol. The molecule has 6 nitrogen and oxygen atoms in total. The largest absolute Gasteiger partial charge is 0.493 e. The van der Waals surface area contributed by atoms with Gasteiger partial charge in [-0.3, -0.25) is 4.79 Å². The molecule has 3 N–H and O–H groups in total. The first-order valence-corrected chi connectivity index (χ1v) is 8.43. The molecule has 0 saturated carbocycles. The van der Waals surface area contributed by atoms with Crippen LogP contribution in [-0.2, 0) is 4.79 Å². The van der Waals surface area contributed by atoms with Crippen molar-refractivity contribution in [2.75, 3.05) is 20.3 Å². The van der Waals surface area contributed by atoms with E-state index in [0.29, 0.717) is 37.0 Å². The first-order chi connectivity index (χ1) is 11.4. The van der Waals surface area contributed by atoms with Crippen LogP contribution in [0.25, 0.3) is 0 Å². The lowest BCUT2D eigenvalue weighted by molar-refractivity contribution is -0.123. The van der Waals surface area contributed by atoms with Gasteiger partial charge in [0.15, 0.2) is 11.5 Å². The number of carbonyl (C=O) groups is 1. The van der Waals surface area contributed by atoms with Gasteiger partial charge in [-0.25, -0.2) is 0 Å². The van der Waals surface area contributed by atoms with Gasteiger partial charge >= 0.3 is 0 Å². The second-order valence-corrected chi connectivity index (χ2v) is 6.70. The van der Waals surface area contributed by atoms with Gasteiger partial charge in [-0.2, -0.15) is 0 Å². The molecule has 1 aliphatic heterocycles. The normalized spacial score (nSPS) is 21.6. The van der Waals surface area contributed by atoms with Gasteiger partial charge < -0.3 is 25.2 Å². The van der Waals surface area contributed by atoms with E-state index in [2.05, 4.69) is 24.5 Å². The number of carbonyl (C=O) groups excluding carboxylic acids is 1. The number of benzene rings is 1. The molecule has 1 saturated heterocycles. The van der Waals surface area contributed by atoms with Crippen LogP contribution in [0.5, 0.6) is 11.5 Å². The molecule has 1 aromatic rings. The number of hydrogen-bond acceptors (Lipinski definition) is 5. The maximum Gasteiger partial charge on any atom is 0.237 e. The Morgan fingerprint density at radius 2 is 2.12 bits per heavy atom. The van der Waals surface area contributed by atoms with Gasteiger partial charge in [-0.05, 0) is 37.0 Å². The summed E-state index contributed by atoms with van der Waals surface area (Å²) < 4.78 is 11.2. The summed E-state index contributed by atoms with van der Waals surface area (Å²) in [5, 5.41) is 15.5. The highest BCUT2D eigenvalue weighted by atomic mass is 16.5. The molecule has 3 atom stereocenters. The molecule has 24 heavy (non-hydrogen) atoms. The van der Waals surface area contributed by atoms with Crippen molar-refractivity contribution in [3.8, 4) is 11.5 Å². The number of aliphatic hydroxyl groups is 1. The van der Waals surface area contributed by atoms with Crippen molar-refractivity contribution in [3.05, 3.63) is 23.8 Å². The van der Waals surface area contributed by atoms with Gasteiger partial charge in [0.1, 0.15) is 0 Å². The van der Waals surface area contributed by atoms with Crippen molar-refractivity contribution in [2.24, 2.45) is 5.92 Å². The van der Waals surface area contributed by atoms with Crippen LogP contribution in [0, 0.1) is 5.92 Å². The SMILES string of the molecule is COc1cc([C@H](C)NC(=O)[C@@H]2C[C@H](O)CN2)ccc1OCC(C)C. The van der Waals surface area contributed by atoms with Crippen LogP contribution in [-0.4, -0.2) is 43.4 Å². The number of nitrogens with one attached hydrogen (secondary N) is 2. The van der Waals surface area contributed by atoms with E-state index in [9.17, 15) is 9.90 Å². The van der Waals surface area contributed by atoms with Crippen LogP contribution >= 0.6 is 0 Å². The third kappa shape index (κ3) is 4.85. The van der Waals surface area contributed by atoms with Crippen LogP contribution in [0.1, 0.15) is 38.8 Å². The first kappa shape index (κ1) is 18.5. The fraction of sp³-hybridized carbons (Fsp3) is 0.611.